The first-order valence-corrected chi connectivity index (χ1v) is 8.10. The summed E-state index contributed by atoms with van der Waals surface area (Å²) in [5.74, 6) is 0.0780. The predicted molar refractivity (Wildman–Crippen MR) is 73.4 cm³/mol. The van der Waals surface area contributed by atoms with Crippen LogP contribution in [-0.4, -0.2) is 39.0 Å². The summed E-state index contributed by atoms with van der Waals surface area (Å²) in [6.45, 7) is 9.06. The number of rotatable bonds is 6. The molecule has 2 atom stereocenters. The molecule has 7 heteroatoms. The van der Waals surface area contributed by atoms with Crippen molar-refractivity contribution in [1.29, 1.82) is 0 Å². The van der Waals surface area contributed by atoms with E-state index in [0.717, 1.165) is 12.7 Å². The molecular formula is C12H25NO5S. The van der Waals surface area contributed by atoms with E-state index in [1.807, 2.05) is 13.8 Å². The SMILES string of the molecule is CCC(C)C(COS(C)(=O)=O)NC(=O)OC(C)(C)C. The highest BCUT2D eigenvalue weighted by Gasteiger charge is 2.23. The van der Waals surface area contributed by atoms with Gasteiger partial charge in [0.2, 0.25) is 0 Å². The number of ether oxygens (including phenoxy) is 1. The summed E-state index contributed by atoms with van der Waals surface area (Å²) in [6.07, 6.45) is 1.19. The van der Waals surface area contributed by atoms with Crippen molar-refractivity contribution in [2.24, 2.45) is 5.92 Å². The molecule has 0 bridgehead atoms. The first-order chi connectivity index (χ1) is 8.44. The van der Waals surface area contributed by atoms with E-state index in [-0.39, 0.29) is 12.5 Å². The van der Waals surface area contributed by atoms with Crippen molar-refractivity contribution in [2.45, 2.75) is 52.7 Å². The topological polar surface area (TPSA) is 81.7 Å². The Morgan fingerprint density at radius 2 is 1.84 bits per heavy atom. The average Bonchev–Trinajstić information content (AvgIpc) is 2.19. The van der Waals surface area contributed by atoms with E-state index in [0.29, 0.717) is 0 Å². The molecule has 6 nitrogen and oxygen atoms in total. The minimum absolute atomic E-state index is 0.0780. The molecule has 0 aliphatic carbocycles. The summed E-state index contributed by atoms with van der Waals surface area (Å²) < 4.78 is 31.9. The number of hydrogen-bond acceptors (Lipinski definition) is 5. The minimum Gasteiger partial charge on any atom is -0.444 e. The van der Waals surface area contributed by atoms with E-state index in [1.54, 1.807) is 20.8 Å². The lowest BCUT2D eigenvalue weighted by Gasteiger charge is -2.26. The van der Waals surface area contributed by atoms with Crippen LogP contribution < -0.4 is 5.32 Å². The van der Waals surface area contributed by atoms with Crippen molar-refractivity contribution in [3.8, 4) is 0 Å². The zero-order chi connectivity index (χ0) is 15.3. The standard InChI is InChI=1S/C12H25NO5S/c1-7-9(2)10(8-17-19(6,15)16)13-11(14)18-12(3,4)5/h9-10H,7-8H2,1-6H3,(H,13,14). The lowest BCUT2D eigenvalue weighted by molar-refractivity contribution is 0.0465. The Balaban J connectivity index is 4.56. The van der Waals surface area contributed by atoms with Crippen LogP contribution in [0.2, 0.25) is 0 Å². The van der Waals surface area contributed by atoms with Crippen molar-refractivity contribution >= 4 is 16.2 Å². The second kappa shape index (κ2) is 7.09. The highest BCUT2D eigenvalue weighted by atomic mass is 32.2. The maximum absolute atomic E-state index is 11.7. The van der Waals surface area contributed by atoms with Crippen LogP contribution in [0.4, 0.5) is 4.79 Å². The number of nitrogens with one attached hydrogen (secondary N) is 1. The third kappa shape index (κ3) is 9.72. The number of carbonyl (C=O) groups excluding carboxylic acids is 1. The second-order valence-electron chi connectivity index (χ2n) is 5.63. The van der Waals surface area contributed by atoms with Gasteiger partial charge in [-0.25, -0.2) is 4.79 Å². The number of alkyl carbamates (subject to hydrolysis) is 1. The fourth-order valence-electron chi connectivity index (χ4n) is 1.29. The summed E-state index contributed by atoms with van der Waals surface area (Å²) in [7, 11) is -3.52. The van der Waals surface area contributed by atoms with Crippen LogP contribution in [0.3, 0.4) is 0 Å². The van der Waals surface area contributed by atoms with E-state index in [4.69, 9.17) is 8.92 Å². The molecule has 0 aromatic rings. The predicted octanol–water partition coefficient (Wildman–Crippen LogP) is 1.90. The maximum Gasteiger partial charge on any atom is 0.407 e. The lowest BCUT2D eigenvalue weighted by atomic mass is 10.0. The van der Waals surface area contributed by atoms with Crippen LogP contribution in [0.25, 0.3) is 0 Å². The van der Waals surface area contributed by atoms with Crippen LogP contribution in [0.1, 0.15) is 41.0 Å². The first-order valence-electron chi connectivity index (χ1n) is 6.28. The van der Waals surface area contributed by atoms with E-state index in [1.165, 1.54) is 0 Å². The first kappa shape index (κ1) is 18.2. The molecule has 0 rings (SSSR count). The van der Waals surface area contributed by atoms with Crippen LogP contribution >= 0.6 is 0 Å². The van der Waals surface area contributed by atoms with Gasteiger partial charge in [-0.2, -0.15) is 8.42 Å². The van der Waals surface area contributed by atoms with Gasteiger partial charge in [0, 0.05) is 0 Å². The quantitative estimate of drug-likeness (QED) is 0.757. The molecule has 1 amide bonds. The van der Waals surface area contributed by atoms with E-state index >= 15 is 0 Å². The van der Waals surface area contributed by atoms with Gasteiger partial charge in [-0.15, -0.1) is 0 Å². The Hall–Kier alpha value is -0.820. The molecule has 0 heterocycles. The molecule has 0 spiro atoms. The largest absolute Gasteiger partial charge is 0.444 e. The normalized spacial score (nSPS) is 15.7. The molecule has 0 radical (unpaired) electrons. The van der Waals surface area contributed by atoms with E-state index in [2.05, 4.69) is 5.32 Å². The van der Waals surface area contributed by atoms with Gasteiger partial charge in [-0.3, -0.25) is 4.18 Å². The fourth-order valence-corrected chi connectivity index (χ4v) is 1.68. The molecule has 0 aliphatic heterocycles. The minimum atomic E-state index is -3.52. The van der Waals surface area contributed by atoms with Crippen LogP contribution in [-0.2, 0) is 19.0 Å². The van der Waals surface area contributed by atoms with Crippen molar-refractivity contribution < 1.29 is 22.1 Å². The second-order valence-corrected chi connectivity index (χ2v) is 7.27. The molecule has 0 saturated heterocycles. The van der Waals surface area contributed by atoms with Gasteiger partial charge >= 0.3 is 6.09 Å². The van der Waals surface area contributed by atoms with Crippen LogP contribution in [0.15, 0.2) is 0 Å². The highest BCUT2D eigenvalue weighted by molar-refractivity contribution is 7.85. The Morgan fingerprint density at radius 1 is 1.32 bits per heavy atom. The molecule has 114 valence electrons. The molecule has 0 saturated carbocycles. The number of carbonyl (C=O) groups is 1. The zero-order valence-electron chi connectivity index (χ0n) is 12.5. The van der Waals surface area contributed by atoms with Crippen molar-refractivity contribution in [3.63, 3.8) is 0 Å². The van der Waals surface area contributed by atoms with Gasteiger partial charge < -0.3 is 10.1 Å². The smallest absolute Gasteiger partial charge is 0.407 e. The van der Waals surface area contributed by atoms with Gasteiger partial charge in [-0.05, 0) is 26.7 Å². The van der Waals surface area contributed by atoms with Crippen molar-refractivity contribution in [1.82, 2.24) is 5.32 Å². The van der Waals surface area contributed by atoms with Gasteiger partial charge in [0.05, 0.1) is 18.9 Å². The Labute approximate surface area is 116 Å². The van der Waals surface area contributed by atoms with Crippen LogP contribution in [0, 0.1) is 5.92 Å². The summed E-state index contributed by atoms with van der Waals surface area (Å²) in [5.41, 5.74) is -0.595. The monoisotopic (exact) mass is 295 g/mol. The molecular weight excluding hydrogens is 270 g/mol. The van der Waals surface area contributed by atoms with Gasteiger partial charge in [0.1, 0.15) is 5.60 Å². The Bertz CT molecular complexity index is 385. The van der Waals surface area contributed by atoms with E-state index < -0.39 is 27.9 Å². The third-order valence-electron chi connectivity index (χ3n) is 2.49. The lowest BCUT2D eigenvalue weighted by Crippen LogP contribution is -2.45. The molecule has 2 unspecified atom stereocenters. The Kier molecular flexibility index (Phi) is 6.79. The number of hydrogen-bond donors (Lipinski definition) is 1. The van der Waals surface area contributed by atoms with E-state index in [9.17, 15) is 13.2 Å². The summed E-state index contributed by atoms with van der Waals surface area (Å²) in [5, 5.41) is 2.65. The number of amides is 1. The Morgan fingerprint density at radius 3 is 2.21 bits per heavy atom. The maximum atomic E-state index is 11.7. The van der Waals surface area contributed by atoms with Gasteiger partial charge in [-0.1, -0.05) is 20.3 Å². The fraction of sp³-hybridized carbons (Fsp3) is 0.917. The van der Waals surface area contributed by atoms with Crippen molar-refractivity contribution in [2.75, 3.05) is 12.9 Å². The molecule has 0 aromatic heterocycles. The highest BCUT2D eigenvalue weighted by Crippen LogP contribution is 2.12. The summed E-state index contributed by atoms with van der Waals surface area (Å²) in [4.78, 5) is 11.7. The van der Waals surface area contributed by atoms with Gasteiger partial charge in [0.25, 0.3) is 10.1 Å². The molecule has 0 aliphatic rings. The molecule has 0 fully saturated rings. The summed E-state index contributed by atoms with van der Waals surface area (Å²) >= 11 is 0. The third-order valence-corrected chi connectivity index (χ3v) is 3.06. The zero-order valence-corrected chi connectivity index (χ0v) is 13.3. The molecule has 19 heavy (non-hydrogen) atoms. The molecule has 0 aromatic carbocycles. The molecule has 1 N–H and O–H groups in total. The summed E-state index contributed by atoms with van der Waals surface area (Å²) in [6, 6.07) is -0.408. The van der Waals surface area contributed by atoms with Crippen LogP contribution in [0.5, 0.6) is 0 Å². The van der Waals surface area contributed by atoms with Gasteiger partial charge in [0.15, 0.2) is 0 Å². The average molecular weight is 295 g/mol. The van der Waals surface area contributed by atoms with Crippen molar-refractivity contribution in [3.05, 3.63) is 0 Å².